The molecular formula is C18H23NO5Se. The SMILES string of the molecule is CC(C)(C)CCOC(=O)N1C(=O)C([Se]c2ccccc2)C[C@H]1C(=O)O. The van der Waals surface area contributed by atoms with Crippen LogP contribution in [0.4, 0.5) is 4.79 Å². The maximum absolute atomic E-state index is 12.6. The van der Waals surface area contributed by atoms with Gasteiger partial charge in [0.15, 0.2) is 0 Å². The van der Waals surface area contributed by atoms with Crippen LogP contribution in [0.2, 0.25) is 4.82 Å². The van der Waals surface area contributed by atoms with E-state index in [1.165, 1.54) is 0 Å². The van der Waals surface area contributed by atoms with E-state index in [4.69, 9.17) is 4.74 Å². The van der Waals surface area contributed by atoms with Crippen molar-refractivity contribution in [3.8, 4) is 0 Å². The topological polar surface area (TPSA) is 83.9 Å². The molecule has 136 valence electrons. The number of amides is 2. The number of aliphatic carboxylic acids is 1. The molecule has 2 atom stereocenters. The molecule has 1 fully saturated rings. The summed E-state index contributed by atoms with van der Waals surface area (Å²) in [6, 6.07) is 8.31. The van der Waals surface area contributed by atoms with Gasteiger partial charge in [-0.3, -0.25) is 0 Å². The Hall–Kier alpha value is -1.85. The number of hydrogen-bond donors (Lipinski definition) is 1. The van der Waals surface area contributed by atoms with E-state index >= 15 is 0 Å². The van der Waals surface area contributed by atoms with Gasteiger partial charge in [0.2, 0.25) is 0 Å². The van der Waals surface area contributed by atoms with Gasteiger partial charge in [-0.25, -0.2) is 0 Å². The second-order valence-corrected chi connectivity index (χ2v) is 9.82. The molecule has 2 rings (SSSR count). The minimum atomic E-state index is -1.17. The number of hydrogen-bond acceptors (Lipinski definition) is 4. The molecule has 2 amide bonds. The number of carbonyl (C=O) groups excluding carboxylic acids is 2. The van der Waals surface area contributed by atoms with E-state index in [0.29, 0.717) is 6.42 Å². The first-order valence-electron chi connectivity index (χ1n) is 8.13. The molecule has 1 saturated heterocycles. The quantitative estimate of drug-likeness (QED) is 0.749. The van der Waals surface area contributed by atoms with Crippen LogP contribution in [0.15, 0.2) is 30.3 Å². The normalized spacial score (nSPS) is 20.6. The first-order chi connectivity index (χ1) is 11.7. The average molecular weight is 412 g/mol. The van der Waals surface area contributed by atoms with E-state index in [1.54, 1.807) is 0 Å². The summed E-state index contributed by atoms with van der Waals surface area (Å²) in [7, 11) is 0. The molecule has 0 spiro atoms. The Bertz CT molecular complexity index is 641. The first-order valence-corrected chi connectivity index (χ1v) is 9.98. The summed E-state index contributed by atoms with van der Waals surface area (Å²) in [4.78, 5) is 36.7. The number of benzene rings is 1. The Kier molecular flexibility index (Phi) is 6.25. The van der Waals surface area contributed by atoms with Crippen molar-refractivity contribution >= 4 is 37.4 Å². The van der Waals surface area contributed by atoms with E-state index < -0.39 is 28.8 Å². The van der Waals surface area contributed by atoms with E-state index in [-0.39, 0.29) is 33.4 Å². The molecule has 0 radical (unpaired) electrons. The van der Waals surface area contributed by atoms with Crippen LogP contribution in [0.1, 0.15) is 33.6 Å². The number of carboxylic acid groups (broad SMARTS) is 1. The predicted molar refractivity (Wildman–Crippen MR) is 93.9 cm³/mol. The molecule has 0 bridgehead atoms. The molecule has 0 aromatic heterocycles. The molecule has 7 heteroatoms. The Morgan fingerprint density at radius 3 is 2.48 bits per heavy atom. The van der Waals surface area contributed by atoms with Gasteiger partial charge in [0.1, 0.15) is 0 Å². The van der Waals surface area contributed by atoms with Gasteiger partial charge in [-0.1, -0.05) is 0 Å². The number of rotatable bonds is 5. The zero-order chi connectivity index (χ0) is 18.6. The van der Waals surface area contributed by atoms with Crippen LogP contribution in [-0.2, 0) is 14.3 Å². The number of carbonyl (C=O) groups is 3. The summed E-state index contributed by atoms with van der Waals surface area (Å²) in [6.45, 7) is 6.20. The van der Waals surface area contributed by atoms with Gasteiger partial charge >= 0.3 is 153 Å². The number of carboxylic acids is 1. The zero-order valence-corrected chi connectivity index (χ0v) is 16.3. The van der Waals surface area contributed by atoms with Crippen molar-refractivity contribution < 1.29 is 24.2 Å². The van der Waals surface area contributed by atoms with Gasteiger partial charge < -0.3 is 0 Å². The Balaban J connectivity index is 2.05. The van der Waals surface area contributed by atoms with Crippen LogP contribution in [0.25, 0.3) is 0 Å². The van der Waals surface area contributed by atoms with Crippen LogP contribution in [0, 0.1) is 5.41 Å². The summed E-state index contributed by atoms with van der Waals surface area (Å²) in [5.74, 6) is -1.62. The molecule has 25 heavy (non-hydrogen) atoms. The number of imide groups is 1. The summed E-state index contributed by atoms with van der Waals surface area (Å²) in [5.41, 5.74) is -0.0134. The van der Waals surface area contributed by atoms with E-state index in [1.807, 2.05) is 51.1 Å². The molecule has 1 aromatic carbocycles. The van der Waals surface area contributed by atoms with E-state index in [0.717, 1.165) is 9.36 Å². The van der Waals surface area contributed by atoms with Gasteiger partial charge in [-0.15, -0.1) is 0 Å². The van der Waals surface area contributed by atoms with Gasteiger partial charge in [-0.05, 0) is 0 Å². The van der Waals surface area contributed by atoms with Crippen LogP contribution >= 0.6 is 0 Å². The number of ether oxygens (including phenoxy) is 1. The van der Waals surface area contributed by atoms with Crippen LogP contribution in [0.5, 0.6) is 0 Å². The summed E-state index contributed by atoms with van der Waals surface area (Å²) >= 11 is -0.230. The van der Waals surface area contributed by atoms with Gasteiger partial charge in [-0.2, -0.15) is 0 Å². The molecule has 0 aliphatic carbocycles. The number of likely N-dealkylation sites (tertiary alicyclic amines) is 1. The summed E-state index contributed by atoms with van der Waals surface area (Å²) in [6.07, 6.45) is -0.0825. The molecule has 1 unspecified atom stereocenters. The second-order valence-electron chi connectivity index (χ2n) is 7.14. The van der Waals surface area contributed by atoms with Crippen LogP contribution < -0.4 is 4.46 Å². The molecule has 1 aliphatic heterocycles. The van der Waals surface area contributed by atoms with Crippen molar-refractivity contribution in [2.24, 2.45) is 5.41 Å². The third kappa shape index (κ3) is 5.31. The molecule has 1 aliphatic rings. The van der Waals surface area contributed by atoms with E-state index in [2.05, 4.69) is 0 Å². The molecular weight excluding hydrogens is 389 g/mol. The third-order valence-electron chi connectivity index (χ3n) is 3.84. The standard InChI is InChI=1S/C18H23NO5Se/c1-18(2,3)9-10-24-17(23)19-13(16(21)22)11-14(15(19)20)25-12-7-5-4-6-8-12/h4-8,13-14H,9-11H2,1-3H3,(H,21,22)/t13-,14?/m0/s1. The third-order valence-corrected chi connectivity index (χ3v) is 6.41. The fourth-order valence-corrected chi connectivity index (χ4v) is 4.80. The fraction of sp³-hybridized carbons (Fsp3) is 0.500. The monoisotopic (exact) mass is 413 g/mol. The zero-order valence-electron chi connectivity index (χ0n) is 14.6. The Morgan fingerprint density at radius 1 is 1.28 bits per heavy atom. The van der Waals surface area contributed by atoms with Crippen molar-refractivity contribution in [2.75, 3.05) is 6.61 Å². The predicted octanol–water partition coefficient (Wildman–Crippen LogP) is 2.06. The maximum atomic E-state index is 12.6. The van der Waals surface area contributed by atoms with Crippen molar-refractivity contribution in [3.63, 3.8) is 0 Å². The van der Waals surface area contributed by atoms with Crippen molar-refractivity contribution in [1.29, 1.82) is 0 Å². The summed E-state index contributed by atoms with van der Waals surface area (Å²) in [5, 5.41) is 9.39. The van der Waals surface area contributed by atoms with Crippen molar-refractivity contribution in [2.45, 2.75) is 44.5 Å². The second kappa shape index (κ2) is 8.02. The summed E-state index contributed by atoms with van der Waals surface area (Å²) < 4.78 is 6.16. The van der Waals surface area contributed by atoms with E-state index in [9.17, 15) is 19.5 Å². The molecule has 6 nitrogen and oxygen atoms in total. The molecule has 1 heterocycles. The van der Waals surface area contributed by atoms with Crippen LogP contribution in [-0.4, -0.2) is 55.6 Å². The molecule has 0 saturated carbocycles. The number of nitrogens with zero attached hydrogens (tertiary/aromatic N) is 1. The Morgan fingerprint density at radius 2 is 1.92 bits per heavy atom. The molecule has 1 aromatic rings. The van der Waals surface area contributed by atoms with Crippen molar-refractivity contribution in [1.82, 2.24) is 4.90 Å². The van der Waals surface area contributed by atoms with Gasteiger partial charge in [0.25, 0.3) is 0 Å². The minimum absolute atomic E-state index is 0.0134. The molecule has 1 N–H and O–H groups in total. The first kappa shape index (κ1) is 19.5. The van der Waals surface area contributed by atoms with Crippen LogP contribution in [0.3, 0.4) is 0 Å². The van der Waals surface area contributed by atoms with Gasteiger partial charge in [0, 0.05) is 0 Å². The average Bonchev–Trinajstić information content (AvgIpc) is 2.84. The van der Waals surface area contributed by atoms with Gasteiger partial charge in [0.05, 0.1) is 0 Å². The fourth-order valence-electron chi connectivity index (χ4n) is 2.42. The van der Waals surface area contributed by atoms with Crippen molar-refractivity contribution in [3.05, 3.63) is 30.3 Å². The Labute approximate surface area is 153 Å².